The molecule has 2 saturated heterocycles. The van der Waals surface area contributed by atoms with E-state index in [1.165, 1.54) is 5.56 Å². The molecule has 6 nitrogen and oxygen atoms in total. The van der Waals surface area contributed by atoms with Crippen LogP contribution in [0.5, 0.6) is 0 Å². The molecule has 1 aromatic carbocycles. The van der Waals surface area contributed by atoms with Crippen molar-refractivity contribution in [2.75, 3.05) is 52.5 Å². The van der Waals surface area contributed by atoms with Crippen LogP contribution in [0.4, 0.5) is 0 Å². The number of rotatable bonds is 7. The summed E-state index contributed by atoms with van der Waals surface area (Å²) in [7, 11) is 0. The molecular weight excluding hydrogens is 318 g/mol. The van der Waals surface area contributed by atoms with Gasteiger partial charge in [0.15, 0.2) is 0 Å². The number of ether oxygens (including phenoxy) is 1. The average Bonchev–Trinajstić information content (AvgIpc) is 3.02. The highest BCUT2D eigenvalue weighted by Crippen LogP contribution is 2.18. The molecule has 6 heteroatoms. The van der Waals surface area contributed by atoms with Gasteiger partial charge in [-0.15, -0.1) is 0 Å². The van der Waals surface area contributed by atoms with Gasteiger partial charge < -0.3 is 15.0 Å². The van der Waals surface area contributed by atoms with Gasteiger partial charge in [-0.2, -0.15) is 0 Å². The van der Waals surface area contributed by atoms with Crippen molar-refractivity contribution in [2.24, 2.45) is 5.92 Å². The van der Waals surface area contributed by atoms with Gasteiger partial charge >= 0.3 is 0 Å². The second-order valence-electron chi connectivity index (χ2n) is 6.72. The number of benzene rings is 1. The molecule has 1 atom stereocenters. The van der Waals surface area contributed by atoms with Gasteiger partial charge in [-0.3, -0.25) is 14.5 Å². The van der Waals surface area contributed by atoms with E-state index >= 15 is 0 Å². The predicted octanol–water partition coefficient (Wildman–Crippen LogP) is 0.526. The third kappa shape index (κ3) is 5.28. The van der Waals surface area contributed by atoms with Crippen LogP contribution in [-0.2, 0) is 20.7 Å². The minimum absolute atomic E-state index is 0.00354. The molecule has 25 heavy (non-hydrogen) atoms. The van der Waals surface area contributed by atoms with Crippen molar-refractivity contribution in [2.45, 2.75) is 12.8 Å². The van der Waals surface area contributed by atoms with Gasteiger partial charge in [0.25, 0.3) is 0 Å². The quantitative estimate of drug-likeness (QED) is 0.783. The van der Waals surface area contributed by atoms with E-state index in [1.807, 2.05) is 23.1 Å². The largest absolute Gasteiger partial charge is 0.379 e. The first kappa shape index (κ1) is 17.9. The Kier molecular flexibility index (Phi) is 6.42. The van der Waals surface area contributed by atoms with Crippen molar-refractivity contribution in [3.63, 3.8) is 0 Å². The van der Waals surface area contributed by atoms with Crippen LogP contribution in [0.1, 0.15) is 12.0 Å². The fraction of sp³-hybridized carbons (Fsp3) is 0.579. The first-order valence-electron chi connectivity index (χ1n) is 9.12. The highest BCUT2D eigenvalue weighted by Gasteiger charge is 2.33. The normalized spacial score (nSPS) is 21.5. The van der Waals surface area contributed by atoms with Crippen LogP contribution in [0.25, 0.3) is 0 Å². The summed E-state index contributed by atoms with van der Waals surface area (Å²) in [4.78, 5) is 28.6. The number of amides is 2. The molecule has 3 rings (SSSR count). The van der Waals surface area contributed by atoms with Crippen molar-refractivity contribution in [1.29, 1.82) is 0 Å². The average molecular weight is 345 g/mol. The molecule has 0 saturated carbocycles. The maximum atomic E-state index is 12.3. The zero-order valence-electron chi connectivity index (χ0n) is 14.7. The lowest BCUT2D eigenvalue weighted by Crippen LogP contribution is -2.42. The number of hydrogen-bond acceptors (Lipinski definition) is 4. The number of carbonyl (C=O) groups excluding carboxylic acids is 2. The third-order valence-corrected chi connectivity index (χ3v) is 4.93. The molecule has 0 aromatic heterocycles. The molecule has 0 radical (unpaired) electrons. The minimum atomic E-state index is -0.215. The lowest BCUT2D eigenvalue weighted by atomic mass is 10.1. The van der Waals surface area contributed by atoms with Gasteiger partial charge in [-0.05, 0) is 12.0 Å². The second kappa shape index (κ2) is 8.97. The Morgan fingerprint density at radius 3 is 2.68 bits per heavy atom. The maximum absolute atomic E-state index is 12.3. The molecule has 0 unspecified atom stereocenters. The summed E-state index contributed by atoms with van der Waals surface area (Å²) in [5.41, 5.74) is 1.22. The first-order valence-corrected chi connectivity index (χ1v) is 9.12. The van der Waals surface area contributed by atoms with E-state index in [4.69, 9.17) is 4.74 Å². The Morgan fingerprint density at radius 1 is 1.16 bits per heavy atom. The topological polar surface area (TPSA) is 61.9 Å². The van der Waals surface area contributed by atoms with Crippen LogP contribution in [0.15, 0.2) is 30.3 Å². The zero-order valence-corrected chi connectivity index (χ0v) is 14.7. The lowest BCUT2D eigenvalue weighted by Gasteiger charge is -2.26. The van der Waals surface area contributed by atoms with Crippen molar-refractivity contribution in [1.82, 2.24) is 15.1 Å². The second-order valence-corrected chi connectivity index (χ2v) is 6.72. The Balaban J connectivity index is 1.38. The Hall–Kier alpha value is -1.92. The third-order valence-electron chi connectivity index (χ3n) is 4.93. The standard InChI is InChI=1S/C19H27N3O3/c23-18-14-17(15-22(18)8-6-16-4-2-1-3-5-16)19(24)20-7-9-21-10-12-25-13-11-21/h1-5,17H,6-15H2,(H,20,24)/t17-/m0/s1. The SMILES string of the molecule is O=C(NCCN1CCOCC1)[C@H]1CC(=O)N(CCc2ccccc2)C1. The number of morpholine rings is 1. The van der Waals surface area contributed by atoms with Crippen LogP contribution >= 0.6 is 0 Å². The van der Waals surface area contributed by atoms with Gasteiger partial charge in [-0.25, -0.2) is 0 Å². The molecule has 136 valence electrons. The van der Waals surface area contributed by atoms with Gasteiger partial charge in [0, 0.05) is 45.7 Å². The summed E-state index contributed by atoms with van der Waals surface area (Å²) in [6.07, 6.45) is 1.16. The van der Waals surface area contributed by atoms with Crippen LogP contribution < -0.4 is 5.32 Å². The van der Waals surface area contributed by atoms with E-state index < -0.39 is 0 Å². The van der Waals surface area contributed by atoms with Gasteiger partial charge in [0.1, 0.15) is 0 Å². The van der Waals surface area contributed by atoms with E-state index in [0.717, 1.165) is 39.3 Å². The van der Waals surface area contributed by atoms with Crippen LogP contribution in [0.2, 0.25) is 0 Å². The van der Waals surface area contributed by atoms with E-state index in [9.17, 15) is 9.59 Å². The summed E-state index contributed by atoms with van der Waals surface area (Å²) in [6, 6.07) is 10.1. The monoisotopic (exact) mass is 345 g/mol. The summed E-state index contributed by atoms with van der Waals surface area (Å²) >= 11 is 0. The molecular formula is C19H27N3O3. The van der Waals surface area contributed by atoms with Gasteiger partial charge in [-0.1, -0.05) is 30.3 Å². The molecule has 2 amide bonds. The molecule has 0 aliphatic carbocycles. The Bertz CT molecular complexity index is 573. The number of nitrogens with one attached hydrogen (secondary N) is 1. The van der Waals surface area contributed by atoms with E-state index in [-0.39, 0.29) is 17.7 Å². The summed E-state index contributed by atoms with van der Waals surface area (Å²) in [6.45, 7) is 6.06. The molecule has 1 aromatic rings. The van der Waals surface area contributed by atoms with Crippen molar-refractivity contribution in [3.05, 3.63) is 35.9 Å². The number of likely N-dealkylation sites (tertiary alicyclic amines) is 1. The van der Waals surface area contributed by atoms with Crippen LogP contribution in [0, 0.1) is 5.92 Å². The number of carbonyl (C=O) groups is 2. The molecule has 2 heterocycles. The Labute approximate surface area is 149 Å². The number of hydrogen-bond donors (Lipinski definition) is 1. The van der Waals surface area contributed by atoms with Gasteiger partial charge in [0.2, 0.25) is 11.8 Å². The predicted molar refractivity (Wildman–Crippen MR) is 95.1 cm³/mol. The summed E-state index contributed by atoms with van der Waals surface area (Å²) < 4.78 is 5.31. The fourth-order valence-electron chi connectivity index (χ4n) is 3.38. The highest BCUT2D eigenvalue weighted by atomic mass is 16.5. The van der Waals surface area contributed by atoms with E-state index in [1.54, 1.807) is 0 Å². The lowest BCUT2D eigenvalue weighted by molar-refractivity contribution is -0.129. The van der Waals surface area contributed by atoms with Gasteiger partial charge in [0.05, 0.1) is 19.1 Å². The molecule has 0 bridgehead atoms. The smallest absolute Gasteiger partial charge is 0.225 e. The van der Waals surface area contributed by atoms with Crippen molar-refractivity contribution >= 4 is 11.8 Å². The minimum Gasteiger partial charge on any atom is -0.379 e. The zero-order chi connectivity index (χ0) is 17.5. The molecule has 2 aliphatic heterocycles. The van der Waals surface area contributed by atoms with Crippen molar-refractivity contribution in [3.8, 4) is 0 Å². The van der Waals surface area contributed by atoms with E-state index in [0.29, 0.717) is 26.1 Å². The van der Waals surface area contributed by atoms with E-state index in [2.05, 4.69) is 22.3 Å². The first-order chi connectivity index (χ1) is 12.2. The molecule has 0 spiro atoms. The fourth-order valence-corrected chi connectivity index (χ4v) is 3.38. The molecule has 2 aliphatic rings. The summed E-state index contributed by atoms with van der Waals surface area (Å²) in [5, 5.41) is 2.99. The van der Waals surface area contributed by atoms with Crippen LogP contribution in [0.3, 0.4) is 0 Å². The molecule has 1 N–H and O–H groups in total. The number of nitrogens with zero attached hydrogens (tertiary/aromatic N) is 2. The highest BCUT2D eigenvalue weighted by molar-refractivity contribution is 5.89. The Morgan fingerprint density at radius 2 is 1.92 bits per heavy atom. The van der Waals surface area contributed by atoms with Crippen LogP contribution in [-0.4, -0.2) is 74.1 Å². The molecule has 2 fully saturated rings. The summed E-state index contributed by atoms with van der Waals surface area (Å²) in [5.74, 6) is -0.124. The van der Waals surface area contributed by atoms with Crippen molar-refractivity contribution < 1.29 is 14.3 Å². The maximum Gasteiger partial charge on any atom is 0.225 e.